The average Bonchev–Trinajstić information content (AvgIpc) is 2.82. The second-order valence-electron chi connectivity index (χ2n) is 7.28. The van der Waals surface area contributed by atoms with Gasteiger partial charge in [-0.2, -0.15) is 0 Å². The van der Waals surface area contributed by atoms with Crippen molar-refractivity contribution in [2.24, 2.45) is 0 Å². The van der Waals surface area contributed by atoms with Gasteiger partial charge >= 0.3 is 0 Å². The summed E-state index contributed by atoms with van der Waals surface area (Å²) in [6.45, 7) is 0. The van der Waals surface area contributed by atoms with Gasteiger partial charge < -0.3 is 0 Å². The number of rotatable bonds is 2. The summed E-state index contributed by atoms with van der Waals surface area (Å²) in [6.07, 6.45) is 0. The molecule has 0 spiro atoms. The largest absolute Gasteiger partial charge is 0.300 e. The fourth-order valence-corrected chi connectivity index (χ4v) is 5.74. The lowest BCUT2D eigenvalue weighted by Gasteiger charge is -2.15. The molecule has 0 amide bonds. The van der Waals surface area contributed by atoms with Crippen LogP contribution in [0.1, 0.15) is 5.56 Å². The highest BCUT2D eigenvalue weighted by Gasteiger charge is 2.26. The molecule has 0 radical (unpaired) electrons. The Labute approximate surface area is 176 Å². The van der Waals surface area contributed by atoms with E-state index in [1.807, 2.05) is 103 Å². The molecule has 5 rings (SSSR count). The van der Waals surface area contributed by atoms with Crippen molar-refractivity contribution in [3.05, 3.63) is 121 Å². The van der Waals surface area contributed by atoms with Crippen molar-refractivity contribution >= 4 is 39.3 Å². The van der Waals surface area contributed by atoms with E-state index in [0.717, 1.165) is 37.7 Å². The monoisotopic (exact) mass is 402 g/mol. The maximum absolute atomic E-state index is 14.5. The molecular formula is C28H19OP. The average molecular weight is 402 g/mol. The Kier molecular flexibility index (Phi) is 4.72. The summed E-state index contributed by atoms with van der Waals surface area (Å²) in [4.78, 5) is 0. The van der Waals surface area contributed by atoms with Crippen molar-refractivity contribution in [2.75, 3.05) is 0 Å². The second-order valence-corrected chi connectivity index (χ2v) is 9.75. The molecule has 0 saturated heterocycles. The summed E-state index contributed by atoms with van der Waals surface area (Å²) in [5.41, 5.74) is 4.04. The molecule has 2 heteroatoms. The van der Waals surface area contributed by atoms with Crippen LogP contribution < -0.4 is 10.6 Å². The molecule has 0 aliphatic rings. The molecule has 0 heterocycles. The van der Waals surface area contributed by atoms with Gasteiger partial charge in [0.15, 0.2) is 0 Å². The first-order chi connectivity index (χ1) is 14.7. The molecule has 0 bridgehead atoms. The van der Waals surface area contributed by atoms with Crippen molar-refractivity contribution in [3.63, 3.8) is 0 Å². The highest BCUT2D eigenvalue weighted by molar-refractivity contribution is 7.83. The van der Waals surface area contributed by atoms with Gasteiger partial charge in [-0.15, -0.1) is 0 Å². The maximum atomic E-state index is 14.5. The van der Waals surface area contributed by atoms with Gasteiger partial charge in [-0.3, -0.25) is 4.57 Å². The van der Waals surface area contributed by atoms with Crippen molar-refractivity contribution in [1.82, 2.24) is 0 Å². The van der Waals surface area contributed by atoms with Crippen LogP contribution in [0.2, 0.25) is 0 Å². The summed E-state index contributed by atoms with van der Waals surface area (Å²) in [6, 6.07) is 38.0. The molecule has 30 heavy (non-hydrogen) atoms. The third-order valence-electron chi connectivity index (χ3n) is 5.32. The Balaban J connectivity index is 1.73. The fraction of sp³-hybridized carbons (Fsp3) is 0. The normalized spacial score (nSPS) is 11.2. The van der Waals surface area contributed by atoms with Gasteiger partial charge in [0, 0.05) is 16.2 Å². The van der Waals surface area contributed by atoms with Crippen LogP contribution in [0.25, 0.3) is 21.5 Å². The zero-order chi connectivity index (χ0) is 20.4. The number of hydrogen-bond donors (Lipinski definition) is 0. The summed E-state index contributed by atoms with van der Waals surface area (Å²) in [7, 11) is -3.16. The lowest BCUT2D eigenvalue weighted by Crippen LogP contribution is -2.15. The van der Waals surface area contributed by atoms with Crippen LogP contribution >= 0.6 is 7.14 Å². The van der Waals surface area contributed by atoms with Crippen molar-refractivity contribution in [1.29, 1.82) is 0 Å². The van der Waals surface area contributed by atoms with E-state index in [0.29, 0.717) is 0 Å². The lowest BCUT2D eigenvalue weighted by molar-refractivity contribution is 0.593. The minimum absolute atomic E-state index is 0.764. The predicted molar refractivity (Wildman–Crippen MR) is 128 cm³/mol. The van der Waals surface area contributed by atoms with E-state index in [9.17, 15) is 4.57 Å². The van der Waals surface area contributed by atoms with Crippen LogP contribution in [-0.2, 0) is 4.57 Å². The first kappa shape index (κ1) is 18.4. The highest BCUT2D eigenvalue weighted by Crippen LogP contribution is 2.43. The number of hydrogen-bond acceptors (Lipinski definition) is 1. The smallest absolute Gasteiger partial charge is 0.211 e. The summed E-state index contributed by atoms with van der Waals surface area (Å²) in [5.74, 6) is 3.17. The first-order valence-electron chi connectivity index (χ1n) is 9.89. The van der Waals surface area contributed by atoms with Gasteiger partial charge in [-0.05, 0) is 63.6 Å². The van der Waals surface area contributed by atoms with Crippen molar-refractivity contribution in [2.45, 2.75) is 0 Å². The van der Waals surface area contributed by atoms with Gasteiger partial charge in [-0.1, -0.05) is 84.8 Å². The van der Waals surface area contributed by atoms with Gasteiger partial charge in [0.25, 0.3) is 0 Å². The van der Waals surface area contributed by atoms with Crippen LogP contribution in [0.3, 0.4) is 0 Å². The molecule has 1 nitrogen and oxygen atoms in total. The number of fused-ring (bicyclic) bond motifs is 2. The molecule has 0 fully saturated rings. The van der Waals surface area contributed by atoms with E-state index in [1.54, 1.807) is 0 Å². The summed E-state index contributed by atoms with van der Waals surface area (Å²) in [5, 5.41) is 5.92. The maximum Gasteiger partial charge on any atom is 0.211 e. The molecule has 0 saturated carbocycles. The molecule has 0 aliphatic carbocycles. The zero-order valence-corrected chi connectivity index (χ0v) is 17.2. The summed E-state index contributed by atoms with van der Waals surface area (Å²) >= 11 is 0. The Morgan fingerprint density at radius 1 is 0.500 bits per heavy atom. The predicted octanol–water partition coefficient (Wildman–Crippen LogP) is 6.32. The minimum Gasteiger partial charge on any atom is -0.300 e. The molecule has 0 atom stereocenters. The van der Waals surface area contributed by atoms with E-state index in [4.69, 9.17) is 0 Å². The SMILES string of the molecule is O=P(C#Cc1ccccc1)(c1ccc2ccccc2c1)c1ccc2ccccc2c1. The molecule has 0 N–H and O–H groups in total. The standard InChI is InChI=1S/C28H19OP/c29-30(19-18-22-8-2-1-3-9-22,27-16-14-23-10-4-6-12-25(23)20-27)28-17-15-24-11-5-7-13-26(24)21-28/h1-17,20-21H. The van der Waals surface area contributed by atoms with Gasteiger partial charge in [-0.25, -0.2) is 0 Å². The van der Waals surface area contributed by atoms with Crippen LogP contribution in [0.4, 0.5) is 0 Å². The quantitative estimate of drug-likeness (QED) is 0.250. The van der Waals surface area contributed by atoms with Crippen molar-refractivity contribution < 1.29 is 4.57 Å². The Hall–Kier alpha value is -3.59. The van der Waals surface area contributed by atoms with Crippen LogP contribution in [-0.4, -0.2) is 0 Å². The lowest BCUT2D eigenvalue weighted by atomic mass is 10.1. The molecule has 5 aromatic carbocycles. The summed E-state index contributed by atoms with van der Waals surface area (Å²) < 4.78 is 14.5. The van der Waals surface area contributed by atoms with E-state index in [-0.39, 0.29) is 0 Å². The third kappa shape index (κ3) is 3.43. The molecule has 0 aliphatic heterocycles. The Morgan fingerprint density at radius 2 is 0.967 bits per heavy atom. The molecule has 142 valence electrons. The Bertz CT molecular complexity index is 1390. The topological polar surface area (TPSA) is 17.1 Å². The molecule has 0 aromatic heterocycles. The molecular weight excluding hydrogens is 383 g/mol. The fourth-order valence-electron chi connectivity index (χ4n) is 3.69. The number of benzene rings is 5. The van der Waals surface area contributed by atoms with Gasteiger partial charge in [0.2, 0.25) is 7.14 Å². The first-order valence-corrected chi connectivity index (χ1v) is 11.6. The van der Waals surface area contributed by atoms with Crippen molar-refractivity contribution in [3.8, 4) is 11.6 Å². The van der Waals surface area contributed by atoms with E-state index in [1.165, 1.54) is 0 Å². The van der Waals surface area contributed by atoms with E-state index in [2.05, 4.69) is 23.7 Å². The highest BCUT2D eigenvalue weighted by atomic mass is 31.2. The zero-order valence-electron chi connectivity index (χ0n) is 16.3. The van der Waals surface area contributed by atoms with E-state index < -0.39 is 7.14 Å². The van der Waals surface area contributed by atoms with Gasteiger partial charge in [0.05, 0.1) is 0 Å². The minimum atomic E-state index is -3.16. The molecule has 0 unspecified atom stereocenters. The second kappa shape index (κ2) is 7.68. The van der Waals surface area contributed by atoms with Crippen LogP contribution in [0.5, 0.6) is 0 Å². The van der Waals surface area contributed by atoms with E-state index >= 15 is 0 Å². The molecule has 5 aromatic rings. The van der Waals surface area contributed by atoms with Crippen LogP contribution in [0.15, 0.2) is 115 Å². The van der Waals surface area contributed by atoms with Gasteiger partial charge in [0.1, 0.15) is 0 Å². The third-order valence-corrected chi connectivity index (χ3v) is 7.76. The Morgan fingerprint density at radius 3 is 1.50 bits per heavy atom. The van der Waals surface area contributed by atoms with Crippen LogP contribution in [0, 0.1) is 11.6 Å².